The van der Waals surface area contributed by atoms with E-state index in [9.17, 15) is 9.65 Å². The predicted octanol–water partition coefficient (Wildman–Crippen LogP) is 6.14. The number of hydrogen-bond acceptors (Lipinski definition) is 2. The summed E-state index contributed by atoms with van der Waals surface area (Å²) >= 11 is 5.96. The molecular formula is C23H18ClFN4. The first kappa shape index (κ1) is 19.0. The number of fused-ring (bicyclic) bond motifs is 1. The summed E-state index contributed by atoms with van der Waals surface area (Å²) in [7, 11) is 0. The van der Waals surface area contributed by atoms with Gasteiger partial charge in [0.15, 0.2) is 0 Å². The highest BCUT2D eigenvalue weighted by Crippen LogP contribution is 2.27. The normalized spacial score (nSPS) is 11.8. The van der Waals surface area contributed by atoms with Crippen molar-refractivity contribution in [2.24, 2.45) is 0 Å². The molecule has 144 valence electrons. The molecule has 2 aromatic heterocycles. The van der Waals surface area contributed by atoms with Crippen LogP contribution in [0.4, 0.5) is 4.39 Å². The van der Waals surface area contributed by atoms with Gasteiger partial charge in [-0.25, -0.2) is 9.37 Å². The summed E-state index contributed by atoms with van der Waals surface area (Å²) in [4.78, 5) is 7.77. The number of nitriles is 1. The van der Waals surface area contributed by atoms with Crippen molar-refractivity contribution in [3.8, 4) is 11.8 Å². The van der Waals surface area contributed by atoms with Crippen molar-refractivity contribution in [1.82, 2.24) is 14.5 Å². The molecule has 0 bridgehead atoms. The van der Waals surface area contributed by atoms with Crippen LogP contribution in [0.15, 0.2) is 42.5 Å². The van der Waals surface area contributed by atoms with E-state index in [0.717, 1.165) is 39.2 Å². The minimum Gasteiger partial charge on any atom is -0.337 e. The second kappa shape index (κ2) is 7.23. The van der Waals surface area contributed by atoms with Gasteiger partial charge in [0.25, 0.3) is 0 Å². The number of H-pyrrole nitrogens is 1. The number of halogens is 2. The number of hydrogen-bond donors (Lipinski definition) is 1. The third-order valence-electron chi connectivity index (χ3n) is 4.94. The molecule has 0 aliphatic rings. The third kappa shape index (κ3) is 3.43. The van der Waals surface area contributed by atoms with Gasteiger partial charge in [-0.05, 0) is 74.4 Å². The summed E-state index contributed by atoms with van der Waals surface area (Å²) in [5.74, 6) is 0.0765. The van der Waals surface area contributed by atoms with Crippen LogP contribution in [-0.4, -0.2) is 14.5 Å². The molecule has 1 N–H and O–H groups in total. The number of rotatable bonds is 3. The number of aromatic amines is 1. The van der Waals surface area contributed by atoms with Crippen molar-refractivity contribution in [1.29, 1.82) is 5.26 Å². The second-order valence-electron chi connectivity index (χ2n) is 7.04. The maximum Gasteiger partial charge on any atom is 0.149 e. The molecule has 0 aliphatic heterocycles. The number of nitrogens with zero attached hydrogens (tertiary/aromatic N) is 3. The minimum atomic E-state index is -0.454. The lowest BCUT2D eigenvalue weighted by molar-refractivity contribution is 0.627. The third-order valence-corrected chi connectivity index (χ3v) is 5.23. The highest BCUT2D eigenvalue weighted by Gasteiger charge is 2.14. The Balaban J connectivity index is 1.80. The number of aromatic nitrogens is 3. The van der Waals surface area contributed by atoms with Crippen LogP contribution in [0.3, 0.4) is 0 Å². The maximum atomic E-state index is 13.5. The fraction of sp³-hybridized carbons (Fsp3) is 0.130. The monoisotopic (exact) mass is 404 g/mol. The molecule has 2 aromatic carbocycles. The van der Waals surface area contributed by atoms with Crippen LogP contribution >= 0.6 is 11.6 Å². The van der Waals surface area contributed by atoms with Crippen LogP contribution < -0.4 is 0 Å². The first-order valence-corrected chi connectivity index (χ1v) is 9.48. The van der Waals surface area contributed by atoms with Gasteiger partial charge in [0.05, 0.1) is 21.6 Å². The zero-order valence-corrected chi connectivity index (χ0v) is 17.0. The molecule has 4 rings (SSSR count). The highest BCUT2D eigenvalue weighted by atomic mass is 35.5. The summed E-state index contributed by atoms with van der Waals surface area (Å²) < 4.78 is 15.5. The van der Waals surface area contributed by atoms with Crippen molar-refractivity contribution in [3.63, 3.8) is 0 Å². The van der Waals surface area contributed by atoms with Crippen molar-refractivity contribution < 1.29 is 4.39 Å². The van der Waals surface area contributed by atoms with Crippen molar-refractivity contribution in [2.45, 2.75) is 20.8 Å². The fourth-order valence-electron chi connectivity index (χ4n) is 3.52. The molecule has 0 aliphatic carbocycles. The van der Waals surface area contributed by atoms with Crippen molar-refractivity contribution >= 4 is 34.3 Å². The van der Waals surface area contributed by atoms with Gasteiger partial charge in [-0.15, -0.1) is 0 Å². The summed E-state index contributed by atoms with van der Waals surface area (Å²) in [6.07, 6.45) is 1.81. The number of imidazole rings is 1. The van der Waals surface area contributed by atoms with E-state index in [1.165, 1.54) is 6.07 Å². The van der Waals surface area contributed by atoms with E-state index < -0.39 is 5.82 Å². The molecular weight excluding hydrogens is 387 g/mol. The van der Waals surface area contributed by atoms with E-state index in [1.807, 2.05) is 55.7 Å². The Morgan fingerprint density at radius 1 is 1.17 bits per heavy atom. The zero-order chi connectivity index (χ0) is 20.7. The lowest BCUT2D eigenvalue weighted by Crippen LogP contribution is -1.99. The Bertz CT molecular complexity index is 1320. The average Bonchev–Trinajstić information content (AvgIpc) is 3.22. The van der Waals surface area contributed by atoms with Gasteiger partial charge in [-0.3, -0.25) is 0 Å². The minimum absolute atomic E-state index is 0.0716. The number of aryl methyl sites for hydroxylation is 2. The molecule has 0 radical (unpaired) electrons. The van der Waals surface area contributed by atoms with E-state index in [0.29, 0.717) is 11.4 Å². The smallest absolute Gasteiger partial charge is 0.149 e. The van der Waals surface area contributed by atoms with Gasteiger partial charge < -0.3 is 9.55 Å². The van der Waals surface area contributed by atoms with Crippen LogP contribution in [0.1, 0.15) is 28.3 Å². The van der Waals surface area contributed by atoms with Gasteiger partial charge >= 0.3 is 0 Å². The molecule has 6 heteroatoms. The lowest BCUT2D eigenvalue weighted by atomic mass is 10.1. The zero-order valence-electron chi connectivity index (χ0n) is 16.2. The molecule has 0 unspecified atom stereocenters. The van der Waals surface area contributed by atoms with Crippen molar-refractivity contribution in [2.75, 3.05) is 0 Å². The molecule has 0 saturated heterocycles. The predicted molar refractivity (Wildman–Crippen MR) is 115 cm³/mol. The second-order valence-corrected chi connectivity index (χ2v) is 7.44. The average molecular weight is 405 g/mol. The molecule has 0 atom stereocenters. The molecule has 2 heterocycles. The van der Waals surface area contributed by atoms with Gasteiger partial charge in [0, 0.05) is 17.1 Å². The van der Waals surface area contributed by atoms with E-state index >= 15 is 0 Å². The van der Waals surface area contributed by atoms with Gasteiger partial charge in [-0.1, -0.05) is 17.7 Å². The van der Waals surface area contributed by atoms with E-state index in [4.69, 9.17) is 11.6 Å². The summed E-state index contributed by atoms with van der Waals surface area (Å²) in [6.45, 7) is 5.92. The van der Waals surface area contributed by atoms with Crippen LogP contribution in [0, 0.1) is 37.9 Å². The molecule has 0 amide bonds. The molecule has 0 fully saturated rings. The van der Waals surface area contributed by atoms with E-state index in [-0.39, 0.29) is 5.02 Å². The number of nitrogens with one attached hydrogen (secondary N) is 1. The van der Waals surface area contributed by atoms with Crippen LogP contribution in [0.2, 0.25) is 5.02 Å². The topological polar surface area (TPSA) is 57.4 Å². The number of benzene rings is 2. The molecule has 4 nitrogen and oxygen atoms in total. The summed E-state index contributed by atoms with van der Waals surface area (Å²) in [6, 6.07) is 14.8. The Kier molecular flexibility index (Phi) is 4.73. The molecule has 0 spiro atoms. The van der Waals surface area contributed by atoms with Crippen molar-refractivity contribution in [3.05, 3.63) is 81.6 Å². The maximum absolute atomic E-state index is 13.5. The first-order valence-electron chi connectivity index (χ1n) is 9.10. The fourth-order valence-corrected chi connectivity index (χ4v) is 3.69. The van der Waals surface area contributed by atoms with Gasteiger partial charge in [-0.2, -0.15) is 5.26 Å². The Morgan fingerprint density at radius 3 is 2.69 bits per heavy atom. The Morgan fingerprint density at radius 2 is 1.97 bits per heavy atom. The standard InChI is InChI=1S/C23H18ClFN4/c1-13-4-7-21-22(8-13)28-23(27-21)17(12-26)10-16-9-14(2)29(15(16)3)18-5-6-20(25)19(24)11-18/h4-11H,1-3H3,(H,27,28)/b17-10-. The van der Waals surface area contributed by atoms with Crippen LogP contribution in [0.5, 0.6) is 0 Å². The summed E-state index contributed by atoms with van der Waals surface area (Å²) in [5, 5.41) is 9.80. The largest absolute Gasteiger partial charge is 0.337 e. The van der Waals surface area contributed by atoms with Gasteiger partial charge in [0.2, 0.25) is 0 Å². The van der Waals surface area contributed by atoms with E-state index in [1.54, 1.807) is 12.1 Å². The van der Waals surface area contributed by atoms with Gasteiger partial charge in [0.1, 0.15) is 17.7 Å². The molecule has 4 aromatic rings. The molecule has 0 saturated carbocycles. The van der Waals surface area contributed by atoms with Crippen LogP contribution in [-0.2, 0) is 0 Å². The van der Waals surface area contributed by atoms with Crippen LogP contribution in [0.25, 0.3) is 28.4 Å². The number of allylic oxidation sites excluding steroid dienone is 1. The summed E-state index contributed by atoms with van der Waals surface area (Å²) in [5.41, 5.74) is 6.80. The van der Waals surface area contributed by atoms with E-state index in [2.05, 4.69) is 16.0 Å². The quantitative estimate of drug-likeness (QED) is 0.417. The molecule has 29 heavy (non-hydrogen) atoms. The lowest BCUT2D eigenvalue weighted by Gasteiger charge is -2.10. The highest BCUT2D eigenvalue weighted by molar-refractivity contribution is 6.30. The Labute approximate surface area is 172 Å². The Hall–Kier alpha value is -3.36. The SMILES string of the molecule is Cc1ccc2nc(/C(C#N)=C\c3cc(C)n(-c4ccc(F)c(Cl)c4)c3C)[nH]c2c1. The first-order chi connectivity index (χ1) is 13.9.